The first-order valence-corrected chi connectivity index (χ1v) is 5.77. The van der Waals surface area contributed by atoms with E-state index in [1.807, 2.05) is 13.0 Å². The Kier molecular flexibility index (Phi) is 3.91. The normalized spacial score (nSPS) is 12.0. The van der Waals surface area contributed by atoms with Crippen molar-refractivity contribution < 1.29 is 9.47 Å². The van der Waals surface area contributed by atoms with Crippen molar-refractivity contribution in [3.63, 3.8) is 0 Å². The molecular formula is C13H16N4O2. The maximum absolute atomic E-state index is 6.19. The van der Waals surface area contributed by atoms with E-state index in [1.54, 1.807) is 12.4 Å². The van der Waals surface area contributed by atoms with Crippen LogP contribution >= 0.6 is 0 Å². The highest BCUT2D eigenvalue weighted by Gasteiger charge is 2.18. The number of nitrogens with two attached hydrogens (primary N) is 1. The van der Waals surface area contributed by atoms with Gasteiger partial charge in [-0.25, -0.2) is 4.98 Å². The van der Waals surface area contributed by atoms with E-state index < -0.39 is 6.04 Å². The summed E-state index contributed by atoms with van der Waals surface area (Å²) in [5, 5.41) is 0. The first-order valence-electron chi connectivity index (χ1n) is 5.77. The van der Waals surface area contributed by atoms with E-state index >= 15 is 0 Å². The number of pyridine rings is 1. The maximum atomic E-state index is 6.19. The Morgan fingerprint density at radius 1 is 1.16 bits per heavy atom. The molecule has 0 saturated heterocycles. The molecule has 0 aliphatic rings. The maximum Gasteiger partial charge on any atom is 0.240 e. The van der Waals surface area contributed by atoms with Crippen LogP contribution < -0.4 is 15.2 Å². The summed E-state index contributed by atoms with van der Waals surface area (Å²) in [7, 11) is 3.04. The molecule has 1 unspecified atom stereocenters. The van der Waals surface area contributed by atoms with E-state index in [2.05, 4.69) is 15.0 Å². The van der Waals surface area contributed by atoms with Crippen LogP contribution in [0, 0.1) is 6.92 Å². The zero-order valence-electron chi connectivity index (χ0n) is 11.1. The quantitative estimate of drug-likeness (QED) is 0.890. The lowest BCUT2D eigenvalue weighted by Crippen LogP contribution is -2.16. The number of hydrogen-bond acceptors (Lipinski definition) is 6. The van der Waals surface area contributed by atoms with Crippen LogP contribution in [0.3, 0.4) is 0 Å². The number of nitrogens with zero attached hydrogens (tertiary/aromatic N) is 3. The van der Waals surface area contributed by atoms with Gasteiger partial charge in [-0.1, -0.05) is 6.07 Å². The molecule has 0 bridgehead atoms. The molecule has 0 aromatic carbocycles. The molecule has 2 heterocycles. The fourth-order valence-electron chi connectivity index (χ4n) is 1.73. The van der Waals surface area contributed by atoms with Crippen LogP contribution in [0.2, 0.25) is 0 Å². The predicted octanol–water partition coefficient (Wildman–Crippen LogP) is 1.25. The van der Waals surface area contributed by atoms with Crippen LogP contribution in [0.15, 0.2) is 24.7 Å². The molecule has 0 radical (unpaired) electrons. The summed E-state index contributed by atoms with van der Waals surface area (Å²) in [5.74, 6) is 0.739. The molecule has 0 amide bonds. The van der Waals surface area contributed by atoms with Crippen LogP contribution in [-0.4, -0.2) is 29.2 Å². The Morgan fingerprint density at radius 2 is 1.95 bits per heavy atom. The molecule has 2 rings (SSSR count). The van der Waals surface area contributed by atoms with Crippen LogP contribution in [0.5, 0.6) is 11.8 Å². The minimum absolute atomic E-state index is 0.355. The molecule has 2 N–H and O–H groups in total. The summed E-state index contributed by atoms with van der Waals surface area (Å²) in [4.78, 5) is 12.6. The van der Waals surface area contributed by atoms with Crippen molar-refractivity contribution in [2.45, 2.75) is 13.0 Å². The van der Waals surface area contributed by atoms with Gasteiger partial charge in [0.15, 0.2) is 0 Å². The van der Waals surface area contributed by atoms with Crippen molar-refractivity contribution in [2.75, 3.05) is 14.2 Å². The third kappa shape index (κ3) is 2.79. The summed E-state index contributed by atoms with van der Waals surface area (Å²) < 4.78 is 10.2. The number of aromatic nitrogens is 3. The summed E-state index contributed by atoms with van der Waals surface area (Å²) in [6.07, 6.45) is 5.00. The molecule has 1 atom stereocenters. The van der Waals surface area contributed by atoms with Crippen molar-refractivity contribution in [1.29, 1.82) is 0 Å². The lowest BCUT2D eigenvalue weighted by atomic mass is 10.1. The van der Waals surface area contributed by atoms with E-state index in [0.717, 1.165) is 11.1 Å². The van der Waals surface area contributed by atoms with Crippen molar-refractivity contribution in [1.82, 2.24) is 15.0 Å². The molecule has 100 valence electrons. The van der Waals surface area contributed by atoms with Crippen molar-refractivity contribution >= 4 is 0 Å². The van der Waals surface area contributed by atoms with E-state index in [4.69, 9.17) is 15.2 Å². The highest BCUT2D eigenvalue weighted by atomic mass is 16.5. The summed E-state index contributed by atoms with van der Waals surface area (Å²) in [5.41, 5.74) is 8.64. The van der Waals surface area contributed by atoms with Gasteiger partial charge in [0.2, 0.25) is 11.8 Å². The van der Waals surface area contributed by atoms with E-state index in [-0.39, 0.29) is 0 Å². The smallest absolute Gasteiger partial charge is 0.240 e. The third-order valence-corrected chi connectivity index (χ3v) is 2.70. The van der Waals surface area contributed by atoms with Crippen LogP contribution in [0.1, 0.15) is 22.9 Å². The first kappa shape index (κ1) is 13.2. The Balaban J connectivity index is 2.40. The van der Waals surface area contributed by atoms with Gasteiger partial charge in [0, 0.05) is 12.4 Å². The summed E-state index contributed by atoms with van der Waals surface area (Å²) >= 11 is 0. The van der Waals surface area contributed by atoms with Gasteiger partial charge in [-0.05, 0) is 18.1 Å². The number of rotatable bonds is 4. The van der Waals surface area contributed by atoms with E-state index in [0.29, 0.717) is 17.5 Å². The zero-order chi connectivity index (χ0) is 13.8. The Bertz CT molecular complexity index is 574. The average molecular weight is 260 g/mol. The van der Waals surface area contributed by atoms with Crippen LogP contribution in [0.4, 0.5) is 0 Å². The van der Waals surface area contributed by atoms with Crippen LogP contribution in [0.25, 0.3) is 0 Å². The lowest BCUT2D eigenvalue weighted by molar-refractivity contribution is 0.355. The highest BCUT2D eigenvalue weighted by molar-refractivity contribution is 5.33. The number of aryl methyl sites for hydroxylation is 1. The molecule has 0 saturated carbocycles. The monoisotopic (exact) mass is 260 g/mol. The molecule has 2 aromatic rings. The zero-order valence-corrected chi connectivity index (χ0v) is 11.1. The molecule has 0 spiro atoms. The van der Waals surface area contributed by atoms with Gasteiger partial charge in [-0.15, -0.1) is 0 Å². The highest BCUT2D eigenvalue weighted by Crippen LogP contribution is 2.26. The van der Waals surface area contributed by atoms with Gasteiger partial charge < -0.3 is 15.2 Å². The largest absolute Gasteiger partial charge is 0.480 e. The molecule has 0 aliphatic carbocycles. The molecule has 6 heteroatoms. The average Bonchev–Trinajstić information content (AvgIpc) is 2.45. The second-order valence-corrected chi connectivity index (χ2v) is 4.08. The van der Waals surface area contributed by atoms with Crippen LogP contribution in [-0.2, 0) is 0 Å². The number of hydrogen-bond donors (Lipinski definition) is 1. The lowest BCUT2D eigenvalue weighted by Gasteiger charge is -2.14. The minimum Gasteiger partial charge on any atom is -0.480 e. The molecule has 6 nitrogen and oxygen atoms in total. The fraction of sp³-hybridized carbons (Fsp3) is 0.308. The third-order valence-electron chi connectivity index (χ3n) is 2.70. The molecule has 0 aliphatic heterocycles. The molecule has 2 aromatic heterocycles. The van der Waals surface area contributed by atoms with Crippen molar-refractivity contribution in [3.8, 4) is 11.8 Å². The Labute approximate surface area is 111 Å². The van der Waals surface area contributed by atoms with Gasteiger partial charge in [0.05, 0.1) is 26.5 Å². The summed E-state index contributed by atoms with van der Waals surface area (Å²) in [6.45, 7) is 1.96. The second kappa shape index (κ2) is 5.62. The predicted molar refractivity (Wildman–Crippen MR) is 70.1 cm³/mol. The van der Waals surface area contributed by atoms with Gasteiger partial charge in [-0.3, -0.25) is 4.98 Å². The first-order chi connectivity index (χ1) is 9.15. The van der Waals surface area contributed by atoms with Crippen molar-refractivity contribution in [2.24, 2.45) is 5.73 Å². The summed E-state index contributed by atoms with van der Waals surface area (Å²) in [6, 6.07) is 1.52. The number of ether oxygens (including phenoxy) is 2. The van der Waals surface area contributed by atoms with Gasteiger partial charge in [0.25, 0.3) is 0 Å². The second-order valence-electron chi connectivity index (χ2n) is 4.08. The van der Waals surface area contributed by atoms with E-state index in [9.17, 15) is 0 Å². The molecular weight excluding hydrogens is 244 g/mol. The number of methoxy groups -OCH3 is 2. The van der Waals surface area contributed by atoms with E-state index in [1.165, 1.54) is 20.4 Å². The minimum atomic E-state index is -0.444. The topological polar surface area (TPSA) is 83.2 Å². The molecule has 19 heavy (non-hydrogen) atoms. The van der Waals surface area contributed by atoms with Crippen molar-refractivity contribution in [3.05, 3.63) is 41.5 Å². The fourth-order valence-corrected chi connectivity index (χ4v) is 1.73. The SMILES string of the molecule is COc1cnc(C(N)c2cncc(C)c2)c(OC)n1. The van der Waals surface area contributed by atoms with Gasteiger partial charge in [0.1, 0.15) is 5.69 Å². The Hall–Kier alpha value is -2.21. The van der Waals surface area contributed by atoms with Gasteiger partial charge >= 0.3 is 0 Å². The van der Waals surface area contributed by atoms with Gasteiger partial charge in [-0.2, -0.15) is 4.98 Å². The Morgan fingerprint density at radius 3 is 2.58 bits per heavy atom. The molecule has 0 fully saturated rings. The standard InChI is InChI=1S/C13H16N4O2/c1-8-4-9(6-15-5-8)11(14)12-13(19-3)17-10(18-2)7-16-12/h4-7,11H,14H2,1-3H3.